The van der Waals surface area contributed by atoms with Crippen LogP contribution in [-0.4, -0.2) is 18.1 Å². The molecule has 0 saturated heterocycles. The van der Waals surface area contributed by atoms with Crippen molar-refractivity contribution in [1.29, 1.82) is 0 Å². The van der Waals surface area contributed by atoms with Crippen LogP contribution in [-0.2, 0) is 6.42 Å². The number of halogens is 1. The van der Waals surface area contributed by atoms with Crippen molar-refractivity contribution < 1.29 is 0 Å². The second-order valence-electron chi connectivity index (χ2n) is 4.70. The van der Waals surface area contributed by atoms with Crippen molar-refractivity contribution in [2.24, 2.45) is 0 Å². The summed E-state index contributed by atoms with van der Waals surface area (Å²) < 4.78 is 0. The standard InChI is InChI=1S/C15H19ClN2O/c1-2-7-17-8-3-4-11-9-15(19)18-14-10-12(16)5-6-13(11)14/h5-6,9-10,17H,2-4,7-8H2,1H3,(H,18,19). The van der Waals surface area contributed by atoms with Gasteiger partial charge in [-0.15, -0.1) is 0 Å². The molecule has 102 valence electrons. The summed E-state index contributed by atoms with van der Waals surface area (Å²) in [6.07, 6.45) is 3.08. The first-order valence-corrected chi connectivity index (χ1v) is 7.10. The Hall–Kier alpha value is -1.32. The molecule has 0 saturated carbocycles. The van der Waals surface area contributed by atoms with Gasteiger partial charge in [-0.1, -0.05) is 24.6 Å². The van der Waals surface area contributed by atoms with Crippen LogP contribution in [0.5, 0.6) is 0 Å². The number of pyridine rings is 1. The van der Waals surface area contributed by atoms with Gasteiger partial charge in [-0.3, -0.25) is 4.79 Å². The zero-order valence-corrected chi connectivity index (χ0v) is 11.9. The Morgan fingerprint density at radius 3 is 2.89 bits per heavy atom. The minimum Gasteiger partial charge on any atom is -0.322 e. The fourth-order valence-electron chi connectivity index (χ4n) is 2.22. The van der Waals surface area contributed by atoms with E-state index in [1.54, 1.807) is 12.1 Å². The lowest BCUT2D eigenvalue weighted by atomic mass is 10.0. The SMILES string of the molecule is CCCNCCCc1cc(=O)[nH]c2cc(Cl)ccc12. The van der Waals surface area contributed by atoms with E-state index in [0.717, 1.165) is 48.8 Å². The van der Waals surface area contributed by atoms with Gasteiger partial charge in [-0.05, 0) is 50.0 Å². The quantitative estimate of drug-likeness (QED) is 0.798. The number of nitrogens with one attached hydrogen (secondary N) is 2. The number of rotatable bonds is 6. The van der Waals surface area contributed by atoms with Crippen molar-refractivity contribution >= 4 is 22.5 Å². The van der Waals surface area contributed by atoms with Crippen LogP contribution in [0.15, 0.2) is 29.1 Å². The van der Waals surface area contributed by atoms with Gasteiger partial charge in [0.05, 0.1) is 5.52 Å². The number of fused-ring (bicyclic) bond motifs is 1. The van der Waals surface area contributed by atoms with Gasteiger partial charge >= 0.3 is 0 Å². The third-order valence-electron chi connectivity index (χ3n) is 3.12. The lowest BCUT2D eigenvalue weighted by Gasteiger charge is -2.07. The maximum Gasteiger partial charge on any atom is 0.248 e. The lowest BCUT2D eigenvalue weighted by Crippen LogP contribution is -2.16. The molecule has 0 aliphatic heterocycles. The molecule has 2 N–H and O–H groups in total. The van der Waals surface area contributed by atoms with Crippen LogP contribution < -0.4 is 10.9 Å². The van der Waals surface area contributed by atoms with E-state index in [1.165, 1.54) is 0 Å². The zero-order chi connectivity index (χ0) is 13.7. The van der Waals surface area contributed by atoms with Crippen molar-refractivity contribution in [2.75, 3.05) is 13.1 Å². The average Bonchev–Trinajstić information content (AvgIpc) is 2.37. The number of hydrogen-bond donors (Lipinski definition) is 2. The molecular formula is C15H19ClN2O. The maximum atomic E-state index is 11.6. The van der Waals surface area contributed by atoms with Crippen molar-refractivity contribution in [3.63, 3.8) is 0 Å². The van der Waals surface area contributed by atoms with Gasteiger partial charge in [0, 0.05) is 16.5 Å². The van der Waals surface area contributed by atoms with Gasteiger partial charge in [-0.25, -0.2) is 0 Å². The molecule has 0 fully saturated rings. The van der Waals surface area contributed by atoms with Gasteiger partial charge in [0.15, 0.2) is 0 Å². The Morgan fingerprint density at radius 2 is 2.11 bits per heavy atom. The average molecular weight is 279 g/mol. The predicted molar refractivity (Wildman–Crippen MR) is 81.1 cm³/mol. The molecular weight excluding hydrogens is 260 g/mol. The second-order valence-corrected chi connectivity index (χ2v) is 5.14. The van der Waals surface area contributed by atoms with Gasteiger partial charge in [0.25, 0.3) is 0 Å². The van der Waals surface area contributed by atoms with Crippen molar-refractivity contribution in [3.8, 4) is 0 Å². The molecule has 1 heterocycles. The van der Waals surface area contributed by atoms with Crippen LogP contribution in [0.4, 0.5) is 0 Å². The van der Waals surface area contributed by atoms with E-state index in [4.69, 9.17) is 11.6 Å². The lowest BCUT2D eigenvalue weighted by molar-refractivity contribution is 0.640. The van der Waals surface area contributed by atoms with Crippen molar-refractivity contribution in [3.05, 3.63) is 45.2 Å². The largest absolute Gasteiger partial charge is 0.322 e. The molecule has 0 amide bonds. The summed E-state index contributed by atoms with van der Waals surface area (Å²) >= 11 is 5.95. The van der Waals surface area contributed by atoms with E-state index in [-0.39, 0.29) is 5.56 Å². The Labute approximate surface area is 118 Å². The summed E-state index contributed by atoms with van der Waals surface area (Å²) in [6.45, 7) is 4.18. The summed E-state index contributed by atoms with van der Waals surface area (Å²) in [5.74, 6) is 0. The highest BCUT2D eigenvalue weighted by molar-refractivity contribution is 6.31. The molecule has 0 spiro atoms. The topological polar surface area (TPSA) is 44.9 Å². The number of aryl methyl sites for hydroxylation is 1. The van der Waals surface area contributed by atoms with Crippen LogP contribution in [0.2, 0.25) is 5.02 Å². The van der Waals surface area contributed by atoms with Crippen LogP contribution >= 0.6 is 11.6 Å². The number of aromatic amines is 1. The molecule has 0 unspecified atom stereocenters. The minimum absolute atomic E-state index is 0.0636. The molecule has 2 rings (SSSR count). The number of hydrogen-bond acceptors (Lipinski definition) is 2. The molecule has 1 aromatic carbocycles. The van der Waals surface area contributed by atoms with Gasteiger partial charge in [0.1, 0.15) is 0 Å². The summed E-state index contributed by atoms with van der Waals surface area (Å²) in [5, 5.41) is 5.10. The number of aromatic nitrogens is 1. The first-order valence-electron chi connectivity index (χ1n) is 6.73. The molecule has 0 aliphatic carbocycles. The number of benzene rings is 1. The van der Waals surface area contributed by atoms with Crippen LogP contribution in [0.25, 0.3) is 10.9 Å². The van der Waals surface area contributed by atoms with Crippen LogP contribution in [0.1, 0.15) is 25.3 Å². The summed E-state index contributed by atoms with van der Waals surface area (Å²) in [5.41, 5.74) is 1.84. The zero-order valence-electron chi connectivity index (χ0n) is 11.1. The highest BCUT2D eigenvalue weighted by atomic mass is 35.5. The highest BCUT2D eigenvalue weighted by Gasteiger charge is 2.04. The fourth-order valence-corrected chi connectivity index (χ4v) is 2.39. The van der Waals surface area contributed by atoms with Crippen molar-refractivity contribution in [1.82, 2.24) is 10.3 Å². The molecule has 0 aliphatic rings. The van der Waals surface area contributed by atoms with Gasteiger partial charge < -0.3 is 10.3 Å². The maximum absolute atomic E-state index is 11.6. The Kier molecular flexibility index (Phi) is 5.00. The molecule has 3 nitrogen and oxygen atoms in total. The number of H-pyrrole nitrogens is 1. The first-order chi connectivity index (χ1) is 9.20. The van der Waals surface area contributed by atoms with Crippen LogP contribution in [0, 0.1) is 0 Å². The normalized spacial score (nSPS) is 11.1. The molecule has 2 aromatic rings. The van der Waals surface area contributed by atoms with Gasteiger partial charge in [0.2, 0.25) is 5.56 Å². The predicted octanol–water partition coefficient (Wildman–Crippen LogP) is 3.11. The van der Waals surface area contributed by atoms with E-state index < -0.39 is 0 Å². The second kappa shape index (κ2) is 6.73. The summed E-state index contributed by atoms with van der Waals surface area (Å²) in [7, 11) is 0. The third-order valence-corrected chi connectivity index (χ3v) is 3.35. The highest BCUT2D eigenvalue weighted by Crippen LogP contribution is 2.20. The summed E-state index contributed by atoms with van der Waals surface area (Å²) in [4.78, 5) is 14.5. The first kappa shape index (κ1) is 14.1. The smallest absolute Gasteiger partial charge is 0.248 e. The molecule has 0 radical (unpaired) electrons. The van der Waals surface area contributed by atoms with E-state index in [1.807, 2.05) is 12.1 Å². The minimum atomic E-state index is -0.0636. The van der Waals surface area contributed by atoms with Crippen LogP contribution in [0.3, 0.4) is 0 Å². The Bertz CT molecular complexity index is 607. The Balaban J connectivity index is 2.15. The molecule has 0 bridgehead atoms. The Morgan fingerprint density at radius 1 is 1.26 bits per heavy atom. The van der Waals surface area contributed by atoms with Gasteiger partial charge in [-0.2, -0.15) is 0 Å². The summed E-state index contributed by atoms with van der Waals surface area (Å²) in [6, 6.07) is 7.33. The molecule has 4 heteroatoms. The van der Waals surface area contributed by atoms with E-state index in [9.17, 15) is 4.79 Å². The fraction of sp³-hybridized carbons (Fsp3) is 0.400. The monoisotopic (exact) mass is 278 g/mol. The van der Waals surface area contributed by atoms with Crippen molar-refractivity contribution in [2.45, 2.75) is 26.2 Å². The third kappa shape index (κ3) is 3.82. The molecule has 0 atom stereocenters. The van der Waals surface area contributed by atoms with E-state index in [2.05, 4.69) is 17.2 Å². The van der Waals surface area contributed by atoms with E-state index in [0.29, 0.717) is 5.02 Å². The molecule has 1 aromatic heterocycles. The van der Waals surface area contributed by atoms with E-state index >= 15 is 0 Å². The molecule has 19 heavy (non-hydrogen) atoms.